The van der Waals surface area contributed by atoms with E-state index in [1.54, 1.807) is 12.4 Å². The lowest BCUT2D eigenvalue weighted by atomic mass is 10.2. The summed E-state index contributed by atoms with van der Waals surface area (Å²) in [6.45, 7) is 1.35. The number of nitrogens with one attached hydrogen (secondary N) is 2. The fourth-order valence-electron chi connectivity index (χ4n) is 2.25. The molecule has 0 spiro atoms. The summed E-state index contributed by atoms with van der Waals surface area (Å²) in [4.78, 5) is 8.34. The molecule has 136 valence electrons. The highest BCUT2D eigenvalue weighted by Gasteiger charge is 1.99. The summed E-state index contributed by atoms with van der Waals surface area (Å²) in [5.41, 5.74) is 7.21. The Balaban J connectivity index is 1.59. The molecule has 0 aliphatic carbocycles. The second kappa shape index (κ2) is 11.3. The van der Waals surface area contributed by atoms with Gasteiger partial charge >= 0.3 is 0 Å². The van der Waals surface area contributed by atoms with Crippen LogP contribution in [0.3, 0.4) is 0 Å². The van der Waals surface area contributed by atoms with E-state index in [-0.39, 0.29) is 0 Å². The first-order chi connectivity index (χ1) is 12.8. The SMILES string of the molecule is N#CNC(=NCCCCCCOc1ccc(N)cc1)Nc1ccncc1. The Morgan fingerprint density at radius 1 is 1.08 bits per heavy atom. The molecule has 0 radical (unpaired) electrons. The van der Waals surface area contributed by atoms with Crippen LogP contribution in [0, 0.1) is 11.5 Å². The van der Waals surface area contributed by atoms with Gasteiger partial charge in [-0.1, -0.05) is 6.42 Å². The second-order valence-electron chi connectivity index (χ2n) is 5.66. The first kappa shape index (κ1) is 19.1. The molecule has 0 unspecified atom stereocenters. The Morgan fingerprint density at radius 3 is 2.54 bits per heavy atom. The Labute approximate surface area is 153 Å². The van der Waals surface area contributed by atoms with Crippen molar-refractivity contribution in [1.82, 2.24) is 10.3 Å². The number of nitrogens with two attached hydrogens (primary N) is 1. The smallest absolute Gasteiger partial charge is 0.209 e. The predicted octanol–water partition coefficient (Wildman–Crippen LogP) is 3.14. The summed E-state index contributed by atoms with van der Waals surface area (Å²) in [6.07, 6.45) is 9.33. The number of guanidine groups is 1. The maximum absolute atomic E-state index is 8.81. The van der Waals surface area contributed by atoms with Crippen molar-refractivity contribution in [3.8, 4) is 11.9 Å². The number of aromatic nitrogens is 1. The first-order valence-corrected chi connectivity index (χ1v) is 8.63. The molecule has 26 heavy (non-hydrogen) atoms. The molecule has 7 nitrogen and oxygen atoms in total. The number of unbranched alkanes of at least 4 members (excludes halogenated alkanes) is 3. The highest BCUT2D eigenvalue weighted by Crippen LogP contribution is 2.13. The number of nitrogens with zero attached hydrogens (tertiary/aromatic N) is 3. The number of rotatable bonds is 9. The van der Waals surface area contributed by atoms with E-state index >= 15 is 0 Å². The van der Waals surface area contributed by atoms with E-state index in [1.165, 1.54) is 0 Å². The van der Waals surface area contributed by atoms with Gasteiger partial charge in [-0.2, -0.15) is 5.26 Å². The van der Waals surface area contributed by atoms with Gasteiger partial charge in [-0.25, -0.2) is 0 Å². The molecule has 7 heteroatoms. The normalized spacial score (nSPS) is 10.8. The van der Waals surface area contributed by atoms with Crippen LogP contribution in [-0.2, 0) is 0 Å². The summed E-state index contributed by atoms with van der Waals surface area (Å²) < 4.78 is 5.66. The van der Waals surface area contributed by atoms with Gasteiger partial charge in [-0.05, 0) is 55.7 Å². The van der Waals surface area contributed by atoms with Crippen LogP contribution < -0.4 is 21.1 Å². The minimum Gasteiger partial charge on any atom is -0.494 e. The quantitative estimate of drug-likeness (QED) is 0.160. The van der Waals surface area contributed by atoms with Crippen LogP contribution in [0.5, 0.6) is 5.75 Å². The summed E-state index contributed by atoms with van der Waals surface area (Å²) in [6, 6.07) is 11.1. The second-order valence-corrected chi connectivity index (χ2v) is 5.66. The molecule has 2 aromatic rings. The molecule has 0 fully saturated rings. The number of anilines is 2. The van der Waals surface area contributed by atoms with Crippen molar-refractivity contribution in [2.45, 2.75) is 25.7 Å². The van der Waals surface area contributed by atoms with Crippen LogP contribution in [-0.4, -0.2) is 24.1 Å². The third-order valence-electron chi connectivity index (χ3n) is 3.59. The zero-order valence-electron chi connectivity index (χ0n) is 14.7. The number of hydrogen-bond donors (Lipinski definition) is 3. The van der Waals surface area contributed by atoms with Crippen LogP contribution in [0.1, 0.15) is 25.7 Å². The molecular weight excluding hydrogens is 328 g/mol. The van der Waals surface area contributed by atoms with Crippen LogP contribution >= 0.6 is 0 Å². The van der Waals surface area contributed by atoms with Gasteiger partial charge in [-0.15, -0.1) is 0 Å². The van der Waals surface area contributed by atoms with E-state index in [1.807, 2.05) is 42.6 Å². The number of ether oxygens (including phenoxy) is 1. The van der Waals surface area contributed by atoms with Crippen molar-refractivity contribution >= 4 is 17.3 Å². The number of benzene rings is 1. The predicted molar refractivity (Wildman–Crippen MR) is 104 cm³/mol. The molecule has 0 aliphatic rings. The molecule has 1 heterocycles. The molecule has 0 aliphatic heterocycles. The minimum atomic E-state index is 0.449. The van der Waals surface area contributed by atoms with Crippen molar-refractivity contribution in [3.05, 3.63) is 48.8 Å². The molecule has 0 bridgehead atoms. The lowest BCUT2D eigenvalue weighted by Gasteiger charge is -2.08. The van der Waals surface area contributed by atoms with E-state index in [4.69, 9.17) is 15.7 Å². The number of nitrogen functional groups attached to an aromatic ring is 1. The summed E-state index contributed by atoms with van der Waals surface area (Å²) in [5.74, 6) is 1.29. The Morgan fingerprint density at radius 2 is 1.81 bits per heavy atom. The molecule has 0 saturated heterocycles. The van der Waals surface area contributed by atoms with Crippen molar-refractivity contribution in [1.29, 1.82) is 5.26 Å². The van der Waals surface area contributed by atoms with Crippen molar-refractivity contribution in [2.24, 2.45) is 4.99 Å². The summed E-state index contributed by atoms with van der Waals surface area (Å²) >= 11 is 0. The first-order valence-electron chi connectivity index (χ1n) is 8.63. The largest absolute Gasteiger partial charge is 0.494 e. The summed E-state index contributed by atoms with van der Waals surface area (Å²) in [7, 11) is 0. The molecule has 0 atom stereocenters. The Bertz CT molecular complexity index is 709. The van der Waals surface area contributed by atoms with Gasteiger partial charge in [0.05, 0.1) is 6.61 Å². The molecule has 0 saturated carbocycles. The van der Waals surface area contributed by atoms with Crippen molar-refractivity contribution < 1.29 is 4.74 Å². The molecule has 1 aromatic heterocycles. The van der Waals surface area contributed by atoms with Gasteiger partial charge in [0, 0.05) is 30.3 Å². The maximum atomic E-state index is 8.81. The van der Waals surface area contributed by atoms with Gasteiger partial charge in [0.1, 0.15) is 5.75 Å². The fourth-order valence-corrected chi connectivity index (χ4v) is 2.25. The van der Waals surface area contributed by atoms with E-state index in [0.29, 0.717) is 19.1 Å². The van der Waals surface area contributed by atoms with Crippen molar-refractivity contribution in [3.63, 3.8) is 0 Å². The molecular formula is C19H24N6O. The lowest BCUT2D eigenvalue weighted by Crippen LogP contribution is -2.27. The van der Waals surface area contributed by atoms with E-state index in [0.717, 1.165) is 42.8 Å². The van der Waals surface area contributed by atoms with Gasteiger partial charge in [0.2, 0.25) is 5.96 Å². The third kappa shape index (κ3) is 7.53. The minimum absolute atomic E-state index is 0.449. The van der Waals surface area contributed by atoms with Crippen LogP contribution in [0.15, 0.2) is 53.8 Å². The molecule has 2 rings (SSSR count). The molecule has 0 amide bonds. The zero-order chi connectivity index (χ0) is 18.5. The average Bonchev–Trinajstić information content (AvgIpc) is 2.66. The van der Waals surface area contributed by atoms with Crippen LogP contribution in [0.2, 0.25) is 0 Å². The van der Waals surface area contributed by atoms with Crippen LogP contribution in [0.4, 0.5) is 11.4 Å². The maximum Gasteiger partial charge on any atom is 0.209 e. The average molecular weight is 352 g/mol. The fraction of sp³-hybridized carbons (Fsp3) is 0.316. The van der Waals surface area contributed by atoms with E-state index in [9.17, 15) is 0 Å². The van der Waals surface area contributed by atoms with Gasteiger partial charge < -0.3 is 15.8 Å². The number of nitriles is 1. The lowest BCUT2D eigenvalue weighted by molar-refractivity contribution is 0.305. The molecule has 1 aromatic carbocycles. The monoisotopic (exact) mass is 352 g/mol. The Hall–Kier alpha value is -3.27. The summed E-state index contributed by atoms with van der Waals surface area (Å²) in [5, 5.41) is 14.4. The van der Waals surface area contributed by atoms with Crippen molar-refractivity contribution in [2.75, 3.05) is 24.2 Å². The standard InChI is InChI=1S/C19H24N6O/c20-15-24-19(25-17-9-12-22-13-10-17)23-11-3-1-2-4-14-26-18-7-5-16(21)6-8-18/h5-10,12-13H,1-4,11,14,21H2,(H2,22,23,24,25). The number of hydrogen-bond acceptors (Lipinski definition) is 5. The third-order valence-corrected chi connectivity index (χ3v) is 3.59. The van der Waals surface area contributed by atoms with Gasteiger partial charge in [0.25, 0.3) is 0 Å². The zero-order valence-corrected chi connectivity index (χ0v) is 14.7. The van der Waals surface area contributed by atoms with Gasteiger partial charge in [0.15, 0.2) is 6.19 Å². The Kier molecular flexibility index (Phi) is 8.29. The number of pyridine rings is 1. The highest BCUT2D eigenvalue weighted by molar-refractivity contribution is 5.94. The number of aliphatic imine (C=N–C) groups is 1. The van der Waals surface area contributed by atoms with Gasteiger partial charge in [-0.3, -0.25) is 15.3 Å². The van der Waals surface area contributed by atoms with E-state index < -0.39 is 0 Å². The highest BCUT2D eigenvalue weighted by atomic mass is 16.5. The van der Waals surface area contributed by atoms with Crippen LogP contribution in [0.25, 0.3) is 0 Å². The van der Waals surface area contributed by atoms with E-state index in [2.05, 4.69) is 20.6 Å². The molecule has 4 N–H and O–H groups in total. The topological polar surface area (TPSA) is 108 Å².